The van der Waals surface area contributed by atoms with Gasteiger partial charge in [0.15, 0.2) is 0 Å². The van der Waals surface area contributed by atoms with Gasteiger partial charge in [0, 0.05) is 11.8 Å². The average molecular weight is 336 g/mol. The molecule has 0 aliphatic heterocycles. The van der Waals surface area contributed by atoms with Crippen molar-refractivity contribution < 1.29 is 10.0 Å². The molecule has 0 aliphatic carbocycles. The van der Waals surface area contributed by atoms with Crippen molar-refractivity contribution in [3.63, 3.8) is 0 Å². The standard InChI is InChI=1S/C15H30BrNO2/c16-14-12-10-8-6-4-2-1-3-5-7-9-11-13-15(18)17-19/h19H,1-14H2,(H,17,18). The first-order valence-electron chi connectivity index (χ1n) is 7.80. The van der Waals surface area contributed by atoms with Gasteiger partial charge in [-0.3, -0.25) is 10.0 Å². The van der Waals surface area contributed by atoms with E-state index in [0.29, 0.717) is 6.42 Å². The van der Waals surface area contributed by atoms with Crippen molar-refractivity contribution in [3.05, 3.63) is 0 Å². The van der Waals surface area contributed by atoms with Gasteiger partial charge in [-0.2, -0.15) is 0 Å². The number of hydrogen-bond acceptors (Lipinski definition) is 2. The van der Waals surface area contributed by atoms with E-state index in [1.54, 1.807) is 5.48 Å². The van der Waals surface area contributed by atoms with Gasteiger partial charge in [-0.1, -0.05) is 80.1 Å². The number of hydrogen-bond donors (Lipinski definition) is 2. The number of carbonyl (C=O) groups excluding carboxylic acids is 1. The number of carbonyl (C=O) groups is 1. The first kappa shape index (κ1) is 18.9. The van der Waals surface area contributed by atoms with E-state index in [0.717, 1.165) is 18.2 Å². The van der Waals surface area contributed by atoms with Gasteiger partial charge in [-0.05, 0) is 12.8 Å². The first-order chi connectivity index (χ1) is 9.31. The van der Waals surface area contributed by atoms with Gasteiger partial charge in [0.2, 0.25) is 5.91 Å². The summed E-state index contributed by atoms with van der Waals surface area (Å²) in [6.07, 6.45) is 15.8. The second kappa shape index (κ2) is 16.0. The van der Waals surface area contributed by atoms with Crippen LogP contribution in [0.4, 0.5) is 0 Å². The molecule has 0 rings (SSSR count). The highest BCUT2D eigenvalue weighted by molar-refractivity contribution is 9.09. The molecule has 0 bridgehead atoms. The third-order valence-corrected chi connectivity index (χ3v) is 3.97. The lowest BCUT2D eigenvalue weighted by Crippen LogP contribution is -2.17. The third-order valence-electron chi connectivity index (χ3n) is 3.41. The van der Waals surface area contributed by atoms with E-state index < -0.39 is 0 Å². The molecule has 0 radical (unpaired) electrons. The number of unbranched alkanes of at least 4 members (excludes halogenated alkanes) is 11. The molecule has 4 heteroatoms. The van der Waals surface area contributed by atoms with E-state index in [1.165, 1.54) is 64.2 Å². The predicted molar refractivity (Wildman–Crippen MR) is 83.7 cm³/mol. The molecule has 1 amide bonds. The number of alkyl halides is 1. The Kier molecular flexibility index (Phi) is 15.9. The maximum Gasteiger partial charge on any atom is 0.243 e. The molecular formula is C15H30BrNO2. The largest absolute Gasteiger partial charge is 0.289 e. The normalized spacial score (nSPS) is 10.6. The topological polar surface area (TPSA) is 49.3 Å². The van der Waals surface area contributed by atoms with E-state index in [-0.39, 0.29) is 5.91 Å². The molecular weight excluding hydrogens is 306 g/mol. The van der Waals surface area contributed by atoms with Gasteiger partial charge >= 0.3 is 0 Å². The highest BCUT2D eigenvalue weighted by Gasteiger charge is 1.98. The molecule has 0 saturated heterocycles. The Morgan fingerprint density at radius 3 is 1.47 bits per heavy atom. The van der Waals surface area contributed by atoms with E-state index in [4.69, 9.17) is 5.21 Å². The van der Waals surface area contributed by atoms with Crippen LogP contribution < -0.4 is 5.48 Å². The quantitative estimate of drug-likeness (QED) is 0.204. The Labute approximate surface area is 126 Å². The van der Waals surface area contributed by atoms with Gasteiger partial charge in [-0.15, -0.1) is 0 Å². The molecule has 19 heavy (non-hydrogen) atoms. The number of halogens is 1. The van der Waals surface area contributed by atoms with Crippen molar-refractivity contribution in [1.82, 2.24) is 5.48 Å². The Bertz CT molecular complexity index is 201. The van der Waals surface area contributed by atoms with E-state index in [9.17, 15) is 4.79 Å². The first-order valence-corrected chi connectivity index (χ1v) is 8.92. The fourth-order valence-corrected chi connectivity index (χ4v) is 2.60. The summed E-state index contributed by atoms with van der Waals surface area (Å²) in [4.78, 5) is 10.7. The Morgan fingerprint density at radius 2 is 1.11 bits per heavy atom. The summed E-state index contributed by atoms with van der Waals surface area (Å²) in [6.45, 7) is 0. The van der Waals surface area contributed by atoms with Gasteiger partial charge in [0.1, 0.15) is 0 Å². The van der Waals surface area contributed by atoms with Crippen LogP contribution in [0.1, 0.15) is 83.5 Å². The van der Waals surface area contributed by atoms with Gasteiger partial charge in [0.05, 0.1) is 0 Å². The van der Waals surface area contributed by atoms with Crippen molar-refractivity contribution in [2.75, 3.05) is 5.33 Å². The molecule has 3 nitrogen and oxygen atoms in total. The Balaban J connectivity index is 2.97. The minimum Gasteiger partial charge on any atom is -0.289 e. The highest BCUT2D eigenvalue weighted by atomic mass is 79.9. The molecule has 0 aromatic heterocycles. The zero-order valence-corrected chi connectivity index (χ0v) is 13.7. The maximum absolute atomic E-state index is 10.7. The van der Waals surface area contributed by atoms with E-state index in [2.05, 4.69) is 15.9 Å². The monoisotopic (exact) mass is 335 g/mol. The zero-order valence-electron chi connectivity index (χ0n) is 12.1. The smallest absolute Gasteiger partial charge is 0.243 e. The molecule has 0 aromatic rings. The number of rotatable bonds is 14. The summed E-state index contributed by atoms with van der Waals surface area (Å²) in [5, 5.41) is 9.47. The van der Waals surface area contributed by atoms with Crippen LogP contribution in [-0.2, 0) is 4.79 Å². The molecule has 114 valence electrons. The lowest BCUT2D eigenvalue weighted by molar-refractivity contribution is -0.129. The van der Waals surface area contributed by atoms with Gasteiger partial charge in [0.25, 0.3) is 0 Å². The zero-order chi connectivity index (χ0) is 14.2. The lowest BCUT2D eigenvalue weighted by atomic mass is 10.0. The molecule has 0 aromatic carbocycles. The lowest BCUT2D eigenvalue weighted by Gasteiger charge is -2.02. The van der Waals surface area contributed by atoms with Crippen LogP contribution in [0, 0.1) is 0 Å². The molecule has 0 unspecified atom stereocenters. The molecule has 0 aliphatic rings. The third kappa shape index (κ3) is 15.9. The number of amides is 1. The molecule has 0 atom stereocenters. The van der Waals surface area contributed by atoms with Crippen LogP contribution in [0.15, 0.2) is 0 Å². The van der Waals surface area contributed by atoms with Crippen LogP contribution in [-0.4, -0.2) is 16.4 Å². The summed E-state index contributed by atoms with van der Waals surface area (Å²) < 4.78 is 0. The van der Waals surface area contributed by atoms with Crippen molar-refractivity contribution in [3.8, 4) is 0 Å². The highest BCUT2D eigenvalue weighted by Crippen LogP contribution is 2.12. The minimum absolute atomic E-state index is 0.264. The van der Waals surface area contributed by atoms with E-state index in [1.807, 2.05) is 0 Å². The summed E-state index contributed by atoms with van der Waals surface area (Å²) >= 11 is 3.46. The maximum atomic E-state index is 10.7. The minimum atomic E-state index is -0.264. The predicted octanol–water partition coefficient (Wildman–Crippen LogP) is 4.96. The van der Waals surface area contributed by atoms with Crippen LogP contribution in [0.3, 0.4) is 0 Å². The van der Waals surface area contributed by atoms with E-state index >= 15 is 0 Å². The fraction of sp³-hybridized carbons (Fsp3) is 0.933. The van der Waals surface area contributed by atoms with Gasteiger partial charge < -0.3 is 0 Å². The van der Waals surface area contributed by atoms with Crippen LogP contribution in [0.2, 0.25) is 0 Å². The molecule has 0 spiro atoms. The van der Waals surface area contributed by atoms with Gasteiger partial charge in [-0.25, -0.2) is 5.48 Å². The van der Waals surface area contributed by atoms with Crippen molar-refractivity contribution in [2.45, 2.75) is 83.5 Å². The number of hydroxylamine groups is 1. The molecule has 0 heterocycles. The second-order valence-corrected chi connectivity index (χ2v) is 6.01. The summed E-state index contributed by atoms with van der Waals surface area (Å²) in [5.74, 6) is -0.264. The van der Waals surface area contributed by atoms with Crippen LogP contribution >= 0.6 is 15.9 Å². The summed E-state index contributed by atoms with van der Waals surface area (Å²) in [5.41, 5.74) is 1.67. The SMILES string of the molecule is O=C(CCCCCCCCCCCCCCBr)NO. The average Bonchev–Trinajstić information content (AvgIpc) is 2.43. The second-order valence-electron chi connectivity index (χ2n) is 5.22. The number of nitrogens with one attached hydrogen (secondary N) is 1. The summed E-state index contributed by atoms with van der Waals surface area (Å²) in [7, 11) is 0. The molecule has 0 saturated carbocycles. The van der Waals surface area contributed by atoms with Crippen molar-refractivity contribution >= 4 is 21.8 Å². The van der Waals surface area contributed by atoms with Crippen molar-refractivity contribution in [2.24, 2.45) is 0 Å². The Morgan fingerprint density at radius 1 is 0.737 bits per heavy atom. The molecule has 0 fully saturated rings. The molecule has 2 N–H and O–H groups in total. The fourth-order valence-electron chi connectivity index (χ4n) is 2.20. The van der Waals surface area contributed by atoms with Crippen LogP contribution in [0.25, 0.3) is 0 Å². The Hall–Kier alpha value is -0.0900. The van der Waals surface area contributed by atoms with Crippen molar-refractivity contribution in [1.29, 1.82) is 0 Å². The summed E-state index contributed by atoms with van der Waals surface area (Å²) in [6, 6.07) is 0. The van der Waals surface area contributed by atoms with Crippen LogP contribution in [0.5, 0.6) is 0 Å².